The van der Waals surface area contributed by atoms with E-state index >= 15 is 0 Å². The summed E-state index contributed by atoms with van der Waals surface area (Å²) in [6.07, 6.45) is 0. The molecule has 11 nitrogen and oxygen atoms in total. The van der Waals surface area contributed by atoms with Crippen LogP contribution >= 0.6 is 11.6 Å². The summed E-state index contributed by atoms with van der Waals surface area (Å²) in [7, 11) is 4.64. The van der Waals surface area contributed by atoms with Crippen molar-refractivity contribution in [3.05, 3.63) is 106 Å². The van der Waals surface area contributed by atoms with Gasteiger partial charge in [-0.25, -0.2) is 4.98 Å². The van der Waals surface area contributed by atoms with E-state index in [-0.39, 0.29) is 25.1 Å². The molecule has 0 radical (unpaired) electrons. The van der Waals surface area contributed by atoms with E-state index in [2.05, 4.69) is 10.3 Å². The molecule has 1 aliphatic carbocycles. The van der Waals surface area contributed by atoms with E-state index in [1.165, 1.54) is 7.11 Å². The molecule has 0 spiro atoms. The number of aromatic nitrogens is 2. The van der Waals surface area contributed by atoms with Gasteiger partial charge in [0.05, 0.1) is 51.1 Å². The van der Waals surface area contributed by atoms with Crippen molar-refractivity contribution in [1.82, 2.24) is 15.3 Å². The zero-order valence-electron chi connectivity index (χ0n) is 28.3. The van der Waals surface area contributed by atoms with Crippen LogP contribution in [0, 0.1) is 11.8 Å². The summed E-state index contributed by atoms with van der Waals surface area (Å²) < 4.78 is 34.4. The van der Waals surface area contributed by atoms with E-state index in [1.54, 1.807) is 32.4 Å². The van der Waals surface area contributed by atoms with Crippen molar-refractivity contribution < 1.29 is 38.0 Å². The third-order valence-electron chi connectivity index (χ3n) is 10.4. The van der Waals surface area contributed by atoms with Gasteiger partial charge in [0.25, 0.3) is 5.91 Å². The molecule has 0 saturated carbocycles. The van der Waals surface area contributed by atoms with Gasteiger partial charge < -0.3 is 38.7 Å². The summed E-state index contributed by atoms with van der Waals surface area (Å²) in [5.74, 6) is 0.0808. The smallest absolute Gasteiger partial charge is 0.310 e. The Balaban J connectivity index is 1.19. The average Bonchev–Trinajstić information content (AvgIpc) is 3.90. The number of fused-ring (bicyclic) bond motifs is 6. The van der Waals surface area contributed by atoms with Crippen LogP contribution < -0.4 is 29.0 Å². The molecule has 1 fully saturated rings. The first-order chi connectivity index (χ1) is 25.4. The number of pyridine rings is 1. The molecule has 1 saturated heterocycles. The Kier molecular flexibility index (Phi) is 7.62. The largest absolute Gasteiger partial charge is 0.493 e. The number of esters is 1. The molecule has 4 atom stereocenters. The quantitative estimate of drug-likeness (QED) is 0.165. The normalized spacial score (nSPS) is 20.0. The molecule has 4 aromatic carbocycles. The fourth-order valence-corrected chi connectivity index (χ4v) is 8.15. The zero-order valence-corrected chi connectivity index (χ0v) is 29.1. The molecule has 262 valence electrons. The van der Waals surface area contributed by atoms with Crippen LogP contribution in [0.3, 0.4) is 0 Å². The van der Waals surface area contributed by atoms with Crippen LogP contribution in [0.2, 0.25) is 5.02 Å². The van der Waals surface area contributed by atoms with Crippen LogP contribution in [0.25, 0.3) is 33.1 Å². The summed E-state index contributed by atoms with van der Waals surface area (Å²) in [5.41, 5.74) is 5.68. The number of amides is 1. The highest BCUT2D eigenvalue weighted by molar-refractivity contribution is 6.30. The number of H-pyrrole nitrogens is 1. The first-order valence-corrected chi connectivity index (χ1v) is 17.1. The maximum atomic E-state index is 14.5. The number of methoxy groups -OCH3 is 3. The van der Waals surface area contributed by atoms with Gasteiger partial charge in [-0.1, -0.05) is 41.9 Å². The average molecular weight is 718 g/mol. The van der Waals surface area contributed by atoms with Crippen molar-refractivity contribution in [1.29, 1.82) is 0 Å². The van der Waals surface area contributed by atoms with E-state index in [4.69, 9.17) is 45.0 Å². The summed E-state index contributed by atoms with van der Waals surface area (Å²) in [5, 5.41) is 5.68. The highest BCUT2D eigenvalue weighted by atomic mass is 35.5. The van der Waals surface area contributed by atoms with Gasteiger partial charge >= 0.3 is 5.97 Å². The van der Waals surface area contributed by atoms with Crippen LogP contribution in [0.1, 0.15) is 39.1 Å². The second-order valence-corrected chi connectivity index (χ2v) is 13.4. The van der Waals surface area contributed by atoms with Crippen LogP contribution in [-0.4, -0.2) is 56.6 Å². The number of cyclic esters (lactones) is 1. The van der Waals surface area contributed by atoms with E-state index in [9.17, 15) is 9.59 Å². The first kappa shape index (κ1) is 32.0. The SMILES string of the molecule is COc1cc([C@@H]2c3cc4c(cc3[C@@H](NC(=O)c3cc5c([nH]c6ccccc65)c(-c5ccc(Cl)cc5)n3)[C@H]3COC(=O)[C@H]23)OCO4)cc(OC)c1OC. The number of nitrogens with zero attached hydrogens (tertiary/aromatic N) is 1. The van der Waals surface area contributed by atoms with Crippen molar-refractivity contribution in [3.63, 3.8) is 0 Å². The Morgan fingerprint density at radius 1 is 0.865 bits per heavy atom. The summed E-state index contributed by atoms with van der Waals surface area (Å²) in [6, 6.07) is 23.9. The number of ether oxygens (including phenoxy) is 6. The minimum absolute atomic E-state index is 0.0566. The Bertz CT molecular complexity index is 2400. The molecule has 2 aromatic heterocycles. The number of rotatable bonds is 7. The number of halogens is 1. The molecule has 2 aliphatic heterocycles. The highest BCUT2D eigenvalue weighted by Crippen LogP contribution is 2.55. The minimum atomic E-state index is -0.658. The topological polar surface area (TPSA) is 130 Å². The molecular weight excluding hydrogens is 686 g/mol. The van der Waals surface area contributed by atoms with Gasteiger partial charge in [-0.15, -0.1) is 0 Å². The van der Waals surface area contributed by atoms with Gasteiger partial charge in [0.2, 0.25) is 12.5 Å². The lowest BCUT2D eigenvalue weighted by molar-refractivity contribution is -0.141. The third kappa shape index (κ3) is 4.98. The van der Waals surface area contributed by atoms with Crippen LogP contribution in [0.4, 0.5) is 0 Å². The molecule has 0 unspecified atom stereocenters. The third-order valence-corrected chi connectivity index (χ3v) is 10.6. The number of hydrogen-bond acceptors (Lipinski definition) is 9. The highest BCUT2D eigenvalue weighted by Gasteiger charge is 2.53. The lowest BCUT2D eigenvalue weighted by atomic mass is 9.65. The number of carbonyl (C=O) groups is 2. The van der Waals surface area contributed by atoms with Crippen molar-refractivity contribution >= 4 is 45.3 Å². The number of nitrogens with one attached hydrogen (secondary N) is 2. The van der Waals surface area contributed by atoms with Gasteiger partial charge in [0.1, 0.15) is 5.69 Å². The number of para-hydroxylation sites is 1. The predicted molar refractivity (Wildman–Crippen MR) is 193 cm³/mol. The Labute approximate surface area is 302 Å². The van der Waals surface area contributed by atoms with Gasteiger partial charge in [0, 0.05) is 38.7 Å². The molecular formula is C40H32ClN3O8. The monoisotopic (exact) mass is 717 g/mol. The molecule has 52 heavy (non-hydrogen) atoms. The fraction of sp³-hybridized carbons (Fsp3) is 0.225. The molecule has 4 heterocycles. The first-order valence-electron chi connectivity index (χ1n) is 16.7. The summed E-state index contributed by atoms with van der Waals surface area (Å²) >= 11 is 6.23. The van der Waals surface area contributed by atoms with Crippen LogP contribution in [0.5, 0.6) is 28.7 Å². The maximum absolute atomic E-state index is 14.5. The van der Waals surface area contributed by atoms with Gasteiger partial charge in [0.15, 0.2) is 23.0 Å². The molecule has 9 rings (SSSR count). The van der Waals surface area contributed by atoms with Gasteiger partial charge in [-0.05, 0) is 65.2 Å². The van der Waals surface area contributed by atoms with Crippen molar-refractivity contribution in [2.45, 2.75) is 12.0 Å². The van der Waals surface area contributed by atoms with Crippen molar-refractivity contribution in [3.8, 4) is 40.0 Å². The van der Waals surface area contributed by atoms with Gasteiger partial charge in [-0.3, -0.25) is 9.59 Å². The van der Waals surface area contributed by atoms with Crippen LogP contribution in [0.15, 0.2) is 78.9 Å². The molecule has 2 N–H and O–H groups in total. The standard InChI is InChI=1S/C40H32ClN3O8/c1-47-31-12-20(13-32(48-2)38(31)49-3)33-23-15-29-30(52-18-51-29)16-25(23)36(26-17-50-40(46)34(26)33)44-39(45)28-14-24-22-6-4-5-7-27(22)42-37(24)35(43-28)19-8-10-21(41)11-9-19/h4-16,26,33-34,36,42H,17-18H2,1-3H3,(H,44,45)/t26-,33+,34-,36+/m0/s1. The minimum Gasteiger partial charge on any atom is -0.493 e. The fourth-order valence-electron chi connectivity index (χ4n) is 8.02. The van der Waals surface area contributed by atoms with Crippen LogP contribution in [-0.2, 0) is 9.53 Å². The van der Waals surface area contributed by atoms with E-state index in [0.29, 0.717) is 39.5 Å². The van der Waals surface area contributed by atoms with E-state index < -0.39 is 29.7 Å². The molecule has 6 aromatic rings. The molecule has 0 bridgehead atoms. The zero-order chi connectivity index (χ0) is 35.7. The lowest BCUT2D eigenvalue weighted by Crippen LogP contribution is -2.43. The molecule has 3 aliphatic rings. The van der Waals surface area contributed by atoms with Crippen molar-refractivity contribution in [2.75, 3.05) is 34.7 Å². The molecule has 12 heteroatoms. The summed E-state index contributed by atoms with van der Waals surface area (Å²) in [6.45, 7) is 0.162. The number of benzene rings is 4. The lowest BCUT2D eigenvalue weighted by Gasteiger charge is -2.39. The van der Waals surface area contributed by atoms with E-state index in [0.717, 1.165) is 44.1 Å². The molecule has 1 amide bonds. The second-order valence-electron chi connectivity index (χ2n) is 13.0. The Morgan fingerprint density at radius 2 is 1.58 bits per heavy atom. The maximum Gasteiger partial charge on any atom is 0.310 e. The van der Waals surface area contributed by atoms with Crippen molar-refractivity contribution in [2.24, 2.45) is 11.8 Å². The number of hydrogen-bond donors (Lipinski definition) is 2. The Hall–Kier alpha value is -5.94. The Morgan fingerprint density at radius 3 is 2.29 bits per heavy atom. The second kappa shape index (κ2) is 12.4. The van der Waals surface area contributed by atoms with Gasteiger partial charge in [-0.2, -0.15) is 0 Å². The summed E-state index contributed by atoms with van der Waals surface area (Å²) in [4.78, 5) is 36.7. The van der Waals surface area contributed by atoms with E-state index in [1.807, 2.05) is 60.7 Å². The number of carbonyl (C=O) groups excluding carboxylic acids is 2. The predicted octanol–water partition coefficient (Wildman–Crippen LogP) is 7.20. The number of aromatic amines is 1.